The van der Waals surface area contributed by atoms with E-state index in [2.05, 4.69) is 5.32 Å². The topological polar surface area (TPSA) is 69.6 Å². The van der Waals surface area contributed by atoms with E-state index in [9.17, 15) is 14.7 Å². The Morgan fingerprint density at radius 3 is 2.00 bits per heavy atom. The van der Waals surface area contributed by atoms with Crippen LogP contribution in [0.1, 0.15) is 29.0 Å². The summed E-state index contributed by atoms with van der Waals surface area (Å²) >= 11 is 5.99. The highest BCUT2D eigenvalue weighted by molar-refractivity contribution is 6.25. The van der Waals surface area contributed by atoms with Gasteiger partial charge in [0.15, 0.2) is 0 Å². The van der Waals surface area contributed by atoms with Gasteiger partial charge in [0.1, 0.15) is 12.3 Å². The van der Waals surface area contributed by atoms with Gasteiger partial charge in [-0.3, -0.25) is 9.59 Å². The van der Waals surface area contributed by atoms with Gasteiger partial charge in [0.2, 0.25) is 11.8 Å². The van der Waals surface area contributed by atoms with Crippen LogP contribution in [0, 0.1) is 0 Å². The van der Waals surface area contributed by atoms with Crippen molar-refractivity contribution in [2.75, 3.05) is 6.54 Å². The lowest BCUT2D eigenvalue weighted by Gasteiger charge is -2.29. The molecule has 1 saturated heterocycles. The number of nitrogens with one attached hydrogen (secondary N) is 1. The Kier molecular flexibility index (Phi) is 7.78. The molecule has 34 heavy (non-hydrogen) atoms. The first-order valence-electron chi connectivity index (χ1n) is 11.3. The number of likely N-dealkylation sites (tertiary alicyclic amines) is 1. The zero-order valence-electron chi connectivity index (χ0n) is 18.7. The van der Waals surface area contributed by atoms with Gasteiger partial charge in [-0.25, -0.2) is 0 Å². The molecule has 1 fully saturated rings. The number of aliphatic hydroxyl groups is 1. The Hall–Kier alpha value is -3.41. The van der Waals surface area contributed by atoms with Crippen molar-refractivity contribution in [3.8, 4) is 0 Å². The van der Waals surface area contributed by atoms with Crippen molar-refractivity contribution in [3.63, 3.8) is 0 Å². The molecule has 1 aliphatic rings. The molecule has 5 nitrogen and oxygen atoms in total. The number of amides is 2. The van der Waals surface area contributed by atoms with Crippen molar-refractivity contribution >= 4 is 23.4 Å². The van der Waals surface area contributed by atoms with Gasteiger partial charge in [0.05, 0.1) is 5.92 Å². The first kappa shape index (κ1) is 23.7. The van der Waals surface area contributed by atoms with E-state index in [1.54, 1.807) is 4.90 Å². The fourth-order valence-corrected chi connectivity index (χ4v) is 4.54. The summed E-state index contributed by atoms with van der Waals surface area (Å²) in [7, 11) is 0. The number of benzene rings is 3. The molecule has 1 aliphatic heterocycles. The fraction of sp³-hybridized carbons (Fsp3) is 0.214. The lowest BCUT2D eigenvalue weighted by molar-refractivity contribution is -0.140. The molecule has 0 bridgehead atoms. The molecule has 3 aromatic carbocycles. The monoisotopic (exact) mass is 474 g/mol. The maximum Gasteiger partial charge on any atom is 0.245 e. The number of carbonyl (C=O) groups is 2. The van der Waals surface area contributed by atoms with E-state index in [1.165, 1.54) is 5.54 Å². The van der Waals surface area contributed by atoms with Crippen LogP contribution in [0.4, 0.5) is 0 Å². The van der Waals surface area contributed by atoms with Crippen LogP contribution in [0.2, 0.25) is 0 Å². The van der Waals surface area contributed by atoms with E-state index in [1.807, 2.05) is 91.0 Å². The molecule has 2 atom stereocenters. The van der Waals surface area contributed by atoms with Gasteiger partial charge >= 0.3 is 0 Å². The van der Waals surface area contributed by atoms with Crippen molar-refractivity contribution in [2.45, 2.75) is 31.0 Å². The van der Waals surface area contributed by atoms with Crippen LogP contribution in [0.5, 0.6) is 0 Å². The number of hydrogen-bond acceptors (Lipinski definition) is 3. The molecular formula is C28H27ClN2O3. The fourth-order valence-electron chi connectivity index (χ4n) is 4.38. The van der Waals surface area contributed by atoms with Crippen LogP contribution in [0.25, 0.3) is 0 Å². The van der Waals surface area contributed by atoms with Crippen molar-refractivity contribution in [3.05, 3.63) is 119 Å². The number of rotatable bonds is 7. The molecule has 2 N–H and O–H groups in total. The second kappa shape index (κ2) is 11.1. The van der Waals surface area contributed by atoms with Crippen molar-refractivity contribution in [1.82, 2.24) is 10.2 Å². The summed E-state index contributed by atoms with van der Waals surface area (Å²) in [4.78, 5) is 28.7. The largest absolute Gasteiger partial charge is 0.373 e. The Balaban J connectivity index is 1.57. The Labute approximate surface area is 204 Å². The van der Waals surface area contributed by atoms with Crippen LogP contribution in [-0.2, 0) is 16.0 Å². The maximum atomic E-state index is 13.9. The van der Waals surface area contributed by atoms with E-state index in [-0.39, 0.29) is 18.9 Å². The minimum Gasteiger partial charge on any atom is -0.373 e. The summed E-state index contributed by atoms with van der Waals surface area (Å²) in [5.41, 5.74) is 4.85. The van der Waals surface area contributed by atoms with Gasteiger partial charge in [-0.1, -0.05) is 103 Å². The van der Waals surface area contributed by atoms with Crippen molar-refractivity contribution < 1.29 is 14.7 Å². The highest BCUT2D eigenvalue weighted by Crippen LogP contribution is 2.32. The number of nitrogens with zero attached hydrogens (tertiary/aromatic N) is 1. The Bertz CT molecular complexity index is 1100. The average molecular weight is 475 g/mol. The van der Waals surface area contributed by atoms with Gasteiger partial charge in [-0.15, -0.1) is 0 Å². The van der Waals surface area contributed by atoms with Gasteiger partial charge in [0.25, 0.3) is 0 Å². The molecule has 0 radical (unpaired) electrons. The second-order valence-electron chi connectivity index (χ2n) is 8.42. The summed E-state index contributed by atoms with van der Waals surface area (Å²) in [5, 5.41) is 13.1. The van der Waals surface area contributed by atoms with Crippen LogP contribution < -0.4 is 5.32 Å². The quantitative estimate of drug-likeness (QED) is 0.504. The highest BCUT2D eigenvalue weighted by Gasteiger charge is 2.40. The predicted octanol–water partition coefficient (Wildman–Crippen LogP) is 4.22. The number of hydrogen-bond donors (Lipinski definition) is 2. The first-order chi connectivity index (χ1) is 16.6. The minimum atomic E-state index is -1.06. The summed E-state index contributed by atoms with van der Waals surface area (Å²) in [6, 6.07) is 27.8. The van der Waals surface area contributed by atoms with Crippen molar-refractivity contribution in [1.29, 1.82) is 0 Å². The summed E-state index contributed by atoms with van der Waals surface area (Å²) in [5.74, 6) is -1.13. The second-order valence-corrected chi connectivity index (χ2v) is 8.64. The summed E-state index contributed by atoms with van der Waals surface area (Å²) in [6.07, 6.45) is -0.452. The molecule has 1 heterocycles. The van der Waals surface area contributed by atoms with Gasteiger partial charge < -0.3 is 15.3 Å². The highest BCUT2D eigenvalue weighted by atomic mass is 35.5. The van der Waals surface area contributed by atoms with Gasteiger partial charge in [0, 0.05) is 24.9 Å². The molecule has 0 aliphatic carbocycles. The van der Waals surface area contributed by atoms with E-state index in [0.29, 0.717) is 6.42 Å². The molecule has 0 unspecified atom stereocenters. The average Bonchev–Trinajstić information content (AvgIpc) is 3.31. The zero-order valence-corrected chi connectivity index (χ0v) is 19.4. The number of aliphatic hydroxyl groups excluding tert-OH is 1. The van der Waals surface area contributed by atoms with Crippen LogP contribution in [-0.4, -0.2) is 40.6 Å². The molecule has 6 heteroatoms. The van der Waals surface area contributed by atoms with E-state index in [0.717, 1.165) is 22.3 Å². The molecule has 0 spiro atoms. The van der Waals surface area contributed by atoms with Crippen LogP contribution in [0.15, 0.2) is 102 Å². The lowest BCUT2D eigenvalue weighted by Crippen LogP contribution is -2.50. The van der Waals surface area contributed by atoms with E-state index in [4.69, 9.17) is 11.6 Å². The third kappa shape index (κ3) is 5.56. The predicted molar refractivity (Wildman–Crippen MR) is 133 cm³/mol. The Morgan fingerprint density at radius 1 is 0.941 bits per heavy atom. The van der Waals surface area contributed by atoms with Gasteiger partial charge in [-0.2, -0.15) is 0 Å². The third-order valence-electron chi connectivity index (χ3n) is 6.04. The normalized spacial score (nSPS) is 17.7. The smallest absolute Gasteiger partial charge is 0.245 e. The molecule has 2 amide bonds. The Morgan fingerprint density at radius 2 is 1.47 bits per heavy atom. The minimum absolute atomic E-state index is 0.177. The lowest BCUT2D eigenvalue weighted by atomic mass is 9.90. The molecule has 3 aromatic rings. The van der Waals surface area contributed by atoms with Crippen molar-refractivity contribution in [2.24, 2.45) is 0 Å². The summed E-state index contributed by atoms with van der Waals surface area (Å²) in [6.45, 7) is 0.269. The first-order valence-corrected chi connectivity index (χ1v) is 11.7. The van der Waals surface area contributed by atoms with E-state index >= 15 is 0 Å². The summed E-state index contributed by atoms with van der Waals surface area (Å²) < 4.78 is 0. The molecular weight excluding hydrogens is 448 g/mol. The van der Waals surface area contributed by atoms with E-state index < -0.39 is 24.1 Å². The van der Waals surface area contributed by atoms with Gasteiger partial charge in [-0.05, 0) is 22.3 Å². The molecule has 174 valence electrons. The third-order valence-corrected chi connectivity index (χ3v) is 6.35. The van der Waals surface area contributed by atoms with Crippen LogP contribution >= 0.6 is 11.6 Å². The van der Waals surface area contributed by atoms with Crippen LogP contribution in [0.3, 0.4) is 0 Å². The molecule has 0 saturated carbocycles. The number of carbonyl (C=O) groups excluding carboxylic acids is 2. The number of halogens is 1. The molecule has 4 rings (SSSR count). The molecule has 0 aromatic heterocycles. The SMILES string of the molecule is O=C(N[C@H](O)Cc1ccccc1)[C@@H]1C/C(=C\Cl)CN1C(=O)C(c1ccccc1)c1ccccc1. The standard InChI is InChI=1S/C28H27ClN2O3/c29-18-21-16-24(27(33)30-25(32)17-20-10-4-1-5-11-20)31(19-21)28(34)26(22-12-6-2-7-13-22)23-14-8-3-9-15-23/h1-15,18,24-26,32H,16-17,19H2,(H,30,33)/b21-18+/t24-,25+/m0/s1. The zero-order chi connectivity index (χ0) is 23.9. The maximum absolute atomic E-state index is 13.9.